The van der Waals surface area contributed by atoms with Crippen molar-refractivity contribution in [3.05, 3.63) is 87.8 Å². The summed E-state index contributed by atoms with van der Waals surface area (Å²) in [6.45, 7) is 0. The fraction of sp³-hybridized carbons (Fsp3) is 0.0741. The summed E-state index contributed by atoms with van der Waals surface area (Å²) in [5.74, 6) is -1.33. The first kappa shape index (κ1) is 22.0. The Morgan fingerprint density at radius 3 is 2.40 bits per heavy atom. The molecular weight excluding hydrogens is 448 g/mol. The third-order valence-electron chi connectivity index (χ3n) is 5.60. The Balaban J connectivity index is 1.48. The summed E-state index contributed by atoms with van der Waals surface area (Å²) in [7, 11) is 3.82. The van der Waals surface area contributed by atoms with Crippen LogP contribution in [0.5, 0.6) is 5.75 Å². The molecule has 0 aliphatic carbocycles. The van der Waals surface area contributed by atoms with Crippen LogP contribution < -0.4 is 10.5 Å². The van der Waals surface area contributed by atoms with Crippen LogP contribution in [0.1, 0.15) is 21.5 Å². The molecule has 8 heteroatoms. The molecule has 0 aliphatic rings. The van der Waals surface area contributed by atoms with Crippen LogP contribution in [0.25, 0.3) is 45.7 Å². The molecule has 35 heavy (non-hydrogen) atoms. The lowest BCUT2D eigenvalue weighted by atomic mass is 10.1. The van der Waals surface area contributed by atoms with Crippen LogP contribution in [0.2, 0.25) is 0 Å². The fourth-order valence-electron chi connectivity index (χ4n) is 3.71. The second kappa shape index (κ2) is 8.49. The number of phenols is 1. The molecule has 0 fully saturated rings. The van der Waals surface area contributed by atoms with Crippen molar-refractivity contribution in [1.29, 1.82) is 0 Å². The first-order valence-corrected chi connectivity index (χ1v) is 10.7. The number of carbonyl (C=O) groups is 1. The maximum Gasteiger partial charge on any atom is 0.349 e. The van der Waals surface area contributed by atoms with Crippen molar-refractivity contribution in [3.8, 4) is 17.2 Å². The Hall–Kier alpha value is -4.85. The molecule has 174 valence electrons. The normalized spacial score (nSPS) is 11.5. The largest absolute Gasteiger partial charge is 0.507 e. The van der Waals surface area contributed by atoms with Crippen LogP contribution in [0, 0.1) is 0 Å². The average Bonchev–Trinajstić information content (AvgIpc) is 3.25. The van der Waals surface area contributed by atoms with Crippen molar-refractivity contribution in [1.82, 2.24) is 4.98 Å². The Morgan fingerprint density at radius 2 is 1.66 bits per heavy atom. The van der Waals surface area contributed by atoms with Gasteiger partial charge in [-0.05, 0) is 53.6 Å². The molecule has 2 aromatic heterocycles. The molecule has 0 bridgehead atoms. The highest BCUT2D eigenvalue weighted by Gasteiger charge is 2.15. The topological polar surface area (TPSA) is 117 Å². The Kier molecular flexibility index (Phi) is 5.33. The minimum Gasteiger partial charge on any atom is -0.507 e. The van der Waals surface area contributed by atoms with Gasteiger partial charge in [-0.2, -0.15) is 0 Å². The van der Waals surface area contributed by atoms with Gasteiger partial charge in [0, 0.05) is 31.2 Å². The number of aromatic nitrogens is 1. The van der Waals surface area contributed by atoms with Crippen molar-refractivity contribution in [2.75, 3.05) is 19.0 Å². The molecule has 0 unspecified atom stereocenters. The molecule has 2 heterocycles. The van der Waals surface area contributed by atoms with Crippen molar-refractivity contribution < 1.29 is 23.8 Å². The van der Waals surface area contributed by atoms with E-state index in [-0.39, 0.29) is 22.8 Å². The van der Waals surface area contributed by atoms with Crippen LogP contribution in [0.3, 0.4) is 0 Å². The summed E-state index contributed by atoms with van der Waals surface area (Å²) < 4.78 is 11.4. The van der Waals surface area contributed by atoms with Crippen LogP contribution in [-0.4, -0.2) is 35.3 Å². The summed E-state index contributed by atoms with van der Waals surface area (Å²) in [6.07, 6.45) is 3.51. The monoisotopic (exact) mass is 468 g/mol. The second-order valence-electron chi connectivity index (χ2n) is 8.23. The van der Waals surface area contributed by atoms with E-state index in [0.717, 1.165) is 16.6 Å². The number of carboxylic acids is 1. The summed E-state index contributed by atoms with van der Waals surface area (Å²) in [5.41, 5.74) is 3.39. The molecular formula is C27H20N2O6. The highest BCUT2D eigenvalue weighted by molar-refractivity contribution is 5.92. The first-order valence-electron chi connectivity index (χ1n) is 10.7. The molecule has 0 radical (unpaired) electrons. The van der Waals surface area contributed by atoms with E-state index in [1.165, 1.54) is 12.1 Å². The standard InChI is InChI=1S/C27H20N2O6/c1-29(2)18-8-7-17-13-20(27(33)35-23(17)14-18)25-28-21-9-5-16(12-24(21)34-25)4-3-15-6-10-22(30)19(11-15)26(31)32/h3-14,30H,1-2H3,(H,31,32)/b4-3+. The number of carboxylic acid groups (broad SMARTS) is 1. The van der Waals surface area contributed by atoms with Crippen molar-refractivity contribution >= 4 is 45.9 Å². The highest BCUT2D eigenvalue weighted by Crippen LogP contribution is 2.28. The van der Waals surface area contributed by atoms with Crippen LogP contribution in [-0.2, 0) is 0 Å². The number of rotatable bonds is 5. The van der Waals surface area contributed by atoms with Gasteiger partial charge in [-0.1, -0.05) is 24.3 Å². The second-order valence-corrected chi connectivity index (χ2v) is 8.23. The number of aromatic hydroxyl groups is 1. The van der Waals surface area contributed by atoms with E-state index in [9.17, 15) is 14.7 Å². The molecule has 0 atom stereocenters. The van der Waals surface area contributed by atoms with Gasteiger partial charge in [0.2, 0.25) is 5.89 Å². The maximum absolute atomic E-state index is 12.7. The predicted octanol–water partition coefficient (Wildman–Crippen LogP) is 5.24. The predicted molar refractivity (Wildman–Crippen MR) is 134 cm³/mol. The number of hydrogen-bond donors (Lipinski definition) is 2. The Labute approximate surface area is 199 Å². The summed E-state index contributed by atoms with van der Waals surface area (Å²) in [6, 6.07) is 17.0. The number of hydrogen-bond acceptors (Lipinski definition) is 7. The molecule has 0 saturated carbocycles. The zero-order chi connectivity index (χ0) is 24.7. The van der Waals surface area contributed by atoms with Gasteiger partial charge >= 0.3 is 11.6 Å². The molecule has 3 aromatic carbocycles. The van der Waals surface area contributed by atoms with E-state index in [4.69, 9.17) is 13.9 Å². The highest BCUT2D eigenvalue weighted by atomic mass is 16.4. The van der Waals surface area contributed by atoms with Gasteiger partial charge in [0.05, 0.1) is 0 Å². The lowest BCUT2D eigenvalue weighted by Gasteiger charge is -2.12. The van der Waals surface area contributed by atoms with E-state index in [1.54, 1.807) is 42.5 Å². The zero-order valence-corrected chi connectivity index (χ0v) is 18.9. The molecule has 0 spiro atoms. The van der Waals surface area contributed by atoms with Gasteiger partial charge < -0.3 is 23.9 Å². The summed E-state index contributed by atoms with van der Waals surface area (Å²) in [4.78, 5) is 30.3. The van der Waals surface area contributed by atoms with Crippen molar-refractivity contribution in [2.45, 2.75) is 0 Å². The third-order valence-corrected chi connectivity index (χ3v) is 5.60. The van der Waals surface area contributed by atoms with E-state index in [1.807, 2.05) is 37.2 Å². The van der Waals surface area contributed by atoms with Gasteiger partial charge in [-0.3, -0.25) is 0 Å². The first-order chi connectivity index (χ1) is 16.8. The number of benzene rings is 3. The van der Waals surface area contributed by atoms with Crippen LogP contribution >= 0.6 is 0 Å². The Bertz CT molecular complexity index is 1690. The van der Waals surface area contributed by atoms with Gasteiger partial charge in [-0.25, -0.2) is 14.6 Å². The molecule has 2 N–H and O–H groups in total. The lowest BCUT2D eigenvalue weighted by Crippen LogP contribution is -2.08. The number of fused-ring (bicyclic) bond motifs is 2. The van der Waals surface area contributed by atoms with Gasteiger partial charge in [0.15, 0.2) is 5.58 Å². The minimum atomic E-state index is -1.20. The van der Waals surface area contributed by atoms with E-state index in [0.29, 0.717) is 22.2 Å². The molecule has 8 nitrogen and oxygen atoms in total. The van der Waals surface area contributed by atoms with E-state index < -0.39 is 11.6 Å². The number of anilines is 1. The summed E-state index contributed by atoms with van der Waals surface area (Å²) >= 11 is 0. The molecule has 0 saturated heterocycles. The maximum atomic E-state index is 12.7. The van der Waals surface area contributed by atoms with Gasteiger partial charge in [0.1, 0.15) is 28.0 Å². The lowest BCUT2D eigenvalue weighted by molar-refractivity contribution is 0.0693. The van der Waals surface area contributed by atoms with Crippen LogP contribution in [0.4, 0.5) is 5.69 Å². The average molecular weight is 468 g/mol. The van der Waals surface area contributed by atoms with Crippen LogP contribution in [0.15, 0.2) is 74.3 Å². The number of nitrogens with zero attached hydrogens (tertiary/aromatic N) is 2. The van der Waals surface area contributed by atoms with Crippen molar-refractivity contribution in [2.24, 2.45) is 0 Å². The molecule has 0 amide bonds. The third kappa shape index (κ3) is 4.24. The fourth-order valence-corrected chi connectivity index (χ4v) is 3.71. The van der Waals surface area contributed by atoms with Gasteiger partial charge in [-0.15, -0.1) is 0 Å². The van der Waals surface area contributed by atoms with Crippen molar-refractivity contribution in [3.63, 3.8) is 0 Å². The quantitative estimate of drug-likeness (QED) is 0.266. The Morgan fingerprint density at radius 1 is 0.914 bits per heavy atom. The summed E-state index contributed by atoms with van der Waals surface area (Å²) in [5, 5.41) is 19.6. The molecule has 5 rings (SSSR count). The SMILES string of the molecule is CN(C)c1ccc2cc(-c3nc4ccc(/C=C/c5ccc(O)c(C(=O)O)c5)cc4o3)c(=O)oc2c1. The van der Waals surface area contributed by atoms with Gasteiger partial charge in [0.25, 0.3) is 0 Å². The molecule has 5 aromatic rings. The van der Waals surface area contributed by atoms with E-state index >= 15 is 0 Å². The smallest absolute Gasteiger partial charge is 0.349 e. The molecule has 0 aliphatic heterocycles. The minimum absolute atomic E-state index is 0.165. The van der Waals surface area contributed by atoms with E-state index in [2.05, 4.69) is 4.98 Å². The zero-order valence-electron chi connectivity index (χ0n) is 18.9. The number of aromatic carboxylic acids is 1. The number of oxazole rings is 1.